The fourth-order valence-corrected chi connectivity index (χ4v) is 3.54. The van der Waals surface area contributed by atoms with Crippen LogP contribution in [0.15, 0.2) is 54.1 Å². The molecule has 2 aromatic heterocycles. The van der Waals surface area contributed by atoms with Crippen molar-refractivity contribution < 1.29 is 14.7 Å². The van der Waals surface area contributed by atoms with Crippen molar-refractivity contribution in [2.45, 2.75) is 33.7 Å². The number of aromatic nitrogens is 3. The number of aryl methyl sites for hydroxylation is 1. The van der Waals surface area contributed by atoms with Gasteiger partial charge in [0.05, 0.1) is 22.6 Å². The molecule has 7 nitrogen and oxygen atoms in total. The van der Waals surface area contributed by atoms with Gasteiger partial charge in [0.1, 0.15) is 0 Å². The van der Waals surface area contributed by atoms with E-state index >= 15 is 0 Å². The third kappa shape index (κ3) is 3.08. The molecule has 0 spiro atoms. The predicted molar refractivity (Wildman–Crippen MR) is 109 cm³/mol. The number of ketones is 1. The standard InChI is InChI=1S/C22H22N4O3/c1-12-5-6-14-15(11-12)25-21(24-14)26-17(13-7-9-23-10-8-13)16(18(27)20(26)29)19(28)22(2,3)4/h5-11,17,27H,1-4H3,(H,24,25). The number of Topliss-reactive ketones (excluding diaryl/α,β-unsaturated/α-hetero) is 1. The van der Waals surface area contributed by atoms with Gasteiger partial charge in [0.25, 0.3) is 5.91 Å². The van der Waals surface area contributed by atoms with Gasteiger partial charge in [-0.15, -0.1) is 0 Å². The molecular formula is C22H22N4O3. The van der Waals surface area contributed by atoms with Crippen LogP contribution in [0.5, 0.6) is 0 Å². The molecule has 0 aliphatic carbocycles. The topological polar surface area (TPSA) is 99.2 Å². The zero-order valence-electron chi connectivity index (χ0n) is 16.7. The van der Waals surface area contributed by atoms with Crippen molar-refractivity contribution in [2.24, 2.45) is 5.41 Å². The van der Waals surface area contributed by atoms with E-state index in [0.29, 0.717) is 11.1 Å². The molecule has 4 rings (SSSR count). The summed E-state index contributed by atoms with van der Waals surface area (Å²) in [7, 11) is 0. The van der Waals surface area contributed by atoms with Crippen molar-refractivity contribution in [1.82, 2.24) is 15.0 Å². The molecule has 0 saturated heterocycles. The lowest BCUT2D eigenvalue weighted by Crippen LogP contribution is -2.33. The molecule has 0 radical (unpaired) electrons. The number of carbonyl (C=O) groups is 2. The monoisotopic (exact) mass is 390 g/mol. The Kier molecular flexibility index (Phi) is 4.26. The van der Waals surface area contributed by atoms with Crippen LogP contribution in [0.25, 0.3) is 11.0 Å². The first-order valence-electron chi connectivity index (χ1n) is 9.36. The Hall–Kier alpha value is -3.48. The Morgan fingerprint density at radius 2 is 1.86 bits per heavy atom. The van der Waals surface area contributed by atoms with E-state index in [2.05, 4.69) is 15.0 Å². The van der Waals surface area contributed by atoms with Crippen LogP contribution in [0, 0.1) is 12.3 Å². The van der Waals surface area contributed by atoms with Crippen LogP contribution >= 0.6 is 0 Å². The van der Waals surface area contributed by atoms with Crippen LogP contribution in [-0.4, -0.2) is 31.7 Å². The van der Waals surface area contributed by atoms with Crippen molar-refractivity contribution in [3.05, 3.63) is 65.2 Å². The number of rotatable bonds is 3. The number of aliphatic hydroxyl groups excluding tert-OH is 1. The van der Waals surface area contributed by atoms with Gasteiger partial charge in [0.15, 0.2) is 11.5 Å². The first kappa shape index (κ1) is 18.9. The van der Waals surface area contributed by atoms with E-state index < -0.39 is 23.1 Å². The summed E-state index contributed by atoms with van der Waals surface area (Å²) in [5, 5.41) is 10.7. The highest BCUT2D eigenvalue weighted by Crippen LogP contribution is 2.42. The van der Waals surface area contributed by atoms with Gasteiger partial charge in [0.2, 0.25) is 5.95 Å². The molecule has 2 N–H and O–H groups in total. The molecule has 0 bridgehead atoms. The Bertz CT molecular complexity index is 1160. The quantitative estimate of drug-likeness (QED) is 0.709. The van der Waals surface area contributed by atoms with E-state index in [4.69, 9.17) is 0 Å². The van der Waals surface area contributed by atoms with Crippen LogP contribution in [0.2, 0.25) is 0 Å². The normalized spacial score (nSPS) is 17.4. The Morgan fingerprint density at radius 1 is 1.17 bits per heavy atom. The summed E-state index contributed by atoms with van der Waals surface area (Å²) >= 11 is 0. The number of nitrogens with one attached hydrogen (secondary N) is 1. The van der Waals surface area contributed by atoms with Crippen molar-refractivity contribution >= 4 is 28.7 Å². The van der Waals surface area contributed by atoms with Gasteiger partial charge in [-0.1, -0.05) is 26.8 Å². The van der Waals surface area contributed by atoms with E-state index in [1.54, 1.807) is 45.3 Å². The molecular weight excluding hydrogens is 368 g/mol. The molecule has 1 unspecified atom stereocenters. The molecule has 7 heteroatoms. The number of hydrogen-bond donors (Lipinski definition) is 2. The summed E-state index contributed by atoms with van der Waals surface area (Å²) in [6.07, 6.45) is 3.18. The third-order valence-corrected chi connectivity index (χ3v) is 5.01. The minimum atomic E-state index is -0.793. The summed E-state index contributed by atoms with van der Waals surface area (Å²) in [6, 6.07) is 8.39. The lowest BCUT2D eigenvalue weighted by Gasteiger charge is -2.27. The summed E-state index contributed by atoms with van der Waals surface area (Å²) in [4.78, 5) is 39.3. The number of anilines is 1. The fraction of sp³-hybridized carbons (Fsp3) is 0.273. The molecule has 0 fully saturated rings. The first-order valence-corrected chi connectivity index (χ1v) is 9.36. The minimum Gasteiger partial charge on any atom is -0.503 e. The number of fused-ring (bicyclic) bond motifs is 1. The van der Waals surface area contributed by atoms with Crippen LogP contribution in [0.1, 0.15) is 37.9 Å². The summed E-state index contributed by atoms with van der Waals surface area (Å²) in [6.45, 7) is 7.25. The minimum absolute atomic E-state index is 0.0744. The summed E-state index contributed by atoms with van der Waals surface area (Å²) in [5.41, 5.74) is 2.50. The zero-order valence-corrected chi connectivity index (χ0v) is 16.7. The number of nitrogens with zero attached hydrogens (tertiary/aromatic N) is 3. The number of aromatic amines is 1. The molecule has 1 amide bonds. The van der Waals surface area contributed by atoms with E-state index in [0.717, 1.165) is 11.1 Å². The van der Waals surface area contributed by atoms with Gasteiger partial charge < -0.3 is 10.1 Å². The smallest absolute Gasteiger partial charge is 0.296 e. The van der Waals surface area contributed by atoms with Gasteiger partial charge in [-0.05, 0) is 42.3 Å². The van der Waals surface area contributed by atoms with Crippen LogP contribution in [0.3, 0.4) is 0 Å². The molecule has 0 saturated carbocycles. The Morgan fingerprint density at radius 3 is 2.52 bits per heavy atom. The third-order valence-electron chi connectivity index (χ3n) is 5.01. The highest BCUT2D eigenvalue weighted by Gasteiger charge is 2.47. The van der Waals surface area contributed by atoms with E-state index in [1.165, 1.54) is 4.90 Å². The molecule has 29 heavy (non-hydrogen) atoms. The number of carbonyl (C=O) groups excluding carboxylic acids is 2. The highest BCUT2D eigenvalue weighted by atomic mass is 16.3. The van der Waals surface area contributed by atoms with E-state index in [1.807, 2.05) is 25.1 Å². The van der Waals surface area contributed by atoms with Crippen LogP contribution in [0.4, 0.5) is 5.95 Å². The second-order valence-corrected chi connectivity index (χ2v) is 8.28. The number of hydrogen-bond acceptors (Lipinski definition) is 5. The average Bonchev–Trinajstić information content (AvgIpc) is 3.19. The molecule has 3 aromatic rings. The van der Waals surface area contributed by atoms with Gasteiger partial charge in [-0.25, -0.2) is 4.98 Å². The number of aliphatic hydroxyl groups is 1. The number of amides is 1. The van der Waals surface area contributed by atoms with Gasteiger partial charge in [-0.2, -0.15) is 0 Å². The Labute approximate surface area is 168 Å². The maximum absolute atomic E-state index is 13.2. The van der Waals surface area contributed by atoms with Gasteiger partial charge >= 0.3 is 0 Å². The van der Waals surface area contributed by atoms with E-state index in [-0.39, 0.29) is 17.3 Å². The van der Waals surface area contributed by atoms with Crippen molar-refractivity contribution in [1.29, 1.82) is 0 Å². The number of pyridine rings is 1. The second-order valence-electron chi connectivity index (χ2n) is 8.28. The summed E-state index contributed by atoms with van der Waals surface area (Å²) in [5.74, 6) is -1.21. The summed E-state index contributed by atoms with van der Waals surface area (Å²) < 4.78 is 0. The van der Waals surface area contributed by atoms with Crippen molar-refractivity contribution in [3.63, 3.8) is 0 Å². The maximum Gasteiger partial charge on any atom is 0.296 e. The fourth-order valence-electron chi connectivity index (χ4n) is 3.54. The second kappa shape index (κ2) is 6.55. The average molecular weight is 390 g/mol. The molecule has 1 aromatic carbocycles. The van der Waals surface area contributed by atoms with E-state index in [9.17, 15) is 14.7 Å². The molecule has 1 atom stereocenters. The number of benzene rings is 1. The van der Waals surface area contributed by atoms with Gasteiger partial charge in [0, 0.05) is 17.8 Å². The molecule has 148 valence electrons. The van der Waals surface area contributed by atoms with Crippen molar-refractivity contribution in [2.75, 3.05) is 4.90 Å². The number of imidazole rings is 1. The lowest BCUT2D eigenvalue weighted by atomic mass is 9.82. The SMILES string of the molecule is Cc1ccc2nc(N3C(=O)C(O)=C(C(=O)C(C)(C)C)C3c3ccncc3)[nH]c2c1. The first-order chi connectivity index (χ1) is 13.7. The highest BCUT2D eigenvalue weighted by molar-refractivity contribution is 6.17. The maximum atomic E-state index is 13.2. The molecule has 1 aliphatic rings. The lowest BCUT2D eigenvalue weighted by molar-refractivity contribution is -0.123. The zero-order chi connectivity index (χ0) is 20.9. The van der Waals surface area contributed by atoms with Crippen molar-refractivity contribution in [3.8, 4) is 0 Å². The number of H-pyrrole nitrogens is 1. The van der Waals surface area contributed by atoms with Crippen LogP contribution in [-0.2, 0) is 9.59 Å². The van der Waals surface area contributed by atoms with Crippen LogP contribution < -0.4 is 4.90 Å². The largest absolute Gasteiger partial charge is 0.503 e. The molecule has 3 heterocycles. The van der Waals surface area contributed by atoms with Gasteiger partial charge in [-0.3, -0.25) is 19.5 Å². The molecule has 1 aliphatic heterocycles. The Balaban J connectivity index is 1.90. The predicted octanol–water partition coefficient (Wildman–Crippen LogP) is 3.78.